The Morgan fingerprint density at radius 3 is 2.36 bits per heavy atom. The van der Waals surface area contributed by atoms with Crippen molar-refractivity contribution in [2.24, 2.45) is 0 Å². The van der Waals surface area contributed by atoms with Gasteiger partial charge >= 0.3 is 18.1 Å². The van der Waals surface area contributed by atoms with Crippen molar-refractivity contribution >= 4 is 11.9 Å². The lowest BCUT2D eigenvalue weighted by Gasteiger charge is -2.17. The number of ether oxygens (including phenoxy) is 1. The number of carbonyl (C=O) groups excluding carboxylic acids is 2. The first-order valence-corrected chi connectivity index (χ1v) is 5.72. The maximum absolute atomic E-state index is 13.2. The van der Waals surface area contributed by atoms with Crippen LogP contribution in [0.15, 0.2) is 12.1 Å². The van der Waals surface area contributed by atoms with E-state index in [1.54, 1.807) is 0 Å². The first-order chi connectivity index (χ1) is 10.1. The average Bonchev–Trinajstić information content (AvgIpc) is 2.41. The number of methoxy groups -OCH3 is 1. The fraction of sp³-hybridized carbons (Fsp3) is 0.333. The number of hydrogen-bond donors (Lipinski definition) is 3. The van der Waals surface area contributed by atoms with Crippen LogP contribution in [0, 0.1) is 5.82 Å². The van der Waals surface area contributed by atoms with Gasteiger partial charge in [0.1, 0.15) is 6.04 Å². The van der Waals surface area contributed by atoms with Gasteiger partial charge in [0.2, 0.25) is 0 Å². The zero-order chi connectivity index (χ0) is 17.1. The van der Waals surface area contributed by atoms with Gasteiger partial charge in [0.25, 0.3) is 0 Å². The summed E-state index contributed by atoms with van der Waals surface area (Å²) in [6.07, 6.45) is -5.80. The van der Waals surface area contributed by atoms with Crippen LogP contribution < -0.4 is 5.32 Å². The molecule has 0 aliphatic heterocycles. The zero-order valence-corrected chi connectivity index (χ0v) is 11.1. The summed E-state index contributed by atoms with van der Waals surface area (Å²) in [5.41, 5.74) is -0.134. The summed E-state index contributed by atoms with van der Waals surface area (Å²) >= 11 is 0. The quantitative estimate of drug-likeness (QED) is 0.436. The average molecular weight is 325 g/mol. The molecule has 1 rings (SSSR count). The number of esters is 1. The van der Waals surface area contributed by atoms with Crippen molar-refractivity contribution in [2.45, 2.75) is 18.6 Å². The molecule has 0 saturated carbocycles. The predicted molar refractivity (Wildman–Crippen MR) is 63.4 cm³/mol. The van der Waals surface area contributed by atoms with E-state index >= 15 is 0 Å². The third-order valence-corrected chi connectivity index (χ3v) is 2.59. The highest BCUT2D eigenvalue weighted by Crippen LogP contribution is 2.29. The maximum Gasteiger partial charge on any atom is 0.471 e. The van der Waals surface area contributed by atoms with Crippen LogP contribution >= 0.6 is 0 Å². The highest BCUT2D eigenvalue weighted by Gasteiger charge is 2.41. The van der Waals surface area contributed by atoms with Gasteiger partial charge in [0.15, 0.2) is 17.3 Å². The molecule has 0 aromatic heterocycles. The standard InChI is InChI=1S/C12H11F4NO5/c1-22-10(20)7(17-11(21)12(14,15)16)3-5-2-6(13)9(19)8(18)4-5/h2,4,7,18-19H,3H2,1H3,(H,17,21)/t7-/m0/s1. The molecule has 1 aromatic rings. The largest absolute Gasteiger partial charge is 0.504 e. The van der Waals surface area contributed by atoms with E-state index in [1.165, 1.54) is 5.32 Å². The summed E-state index contributed by atoms with van der Waals surface area (Å²) in [6.45, 7) is 0. The summed E-state index contributed by atoms with van der Waals surface area (Å²) in [6, 6.07) is -0.207. The molecule has 0 fully saturated rings. The Balaban J connectivity index is 3.00. The van der Waals surface area contributed by atoms with Crippen molar-refractivity contribution in [3.63, 3.8) is 0 Å². The fourth-order valence-electron chi connectivity index (χ4n) is 1.57. The van der Waals surface area contributed by atoms with Crippen LogP contribution in [0.2, 0.25) is 0 Å². The van der Waals surface area contributed by atoms with Crippen molar-refractivity contribution in [3.8, 4) is 11.5 Å². The van der Waals surface area contributed by atoms with Crippen molar-refractivity contribution in [3.05, 3.63) is 23.5 Å². The number of amides is 1. The van der Waals surface area contributed by atoms with Crippen LogP contribution in [0.25, 0.3) is 0 Å². The number of phenols is 2. The lowest BCUT2D eigenvalue weighted by molar-refractivity contribution is -0.175. The molecule has 0 bridgehead atoms. The Kier molecular flexibility index (Phi) is 5.18. The molecule has 0 aliphatic carbocycles. The smallest absolute Gasteiger partial charge is 0.471 e. The molecular weight excluding hydrogens is 314 g/mol. The number of alkyl halides is 3. The zero-order valence-electron chi connectivity index (χ0n) is 11.1. The van der Waals surface area contributed by atoms with E-state index < -0.39 is 47.8 Å². The number of benzene rings is 1. The second-order valence-electron chi connectivity index (χ2n) is 4.20. The molecule has 10 heteroatoms. The van der Waals surface area contributed by atoms with Crippen LogP contribution in [0.5, 0.6) is 11.5 Å². The van der Waals surface area contributed by atoms with Gasteiger partial charge < -0.3 is 20.3 Å². The molecule has 0 saturated heterocycles. The number of hydrogen-bond acceptors (Lipinski definition) is 5. The van der Waals surface area contributed by atoms with Crippen LogP contribution in [0.1, 0.15) is 5.56 Å². The Morgan fingerprint density at radius 2 is 1.91 bits per heavy atom. The van der Waals surface area contributed by atoms with Crippen LogP contribution in [-0.4, -0.2) is 41.4 Å². The van der Waals surface area contributed by atoms with Crippen molar-refractivity contribution in [2.75, 3.05) is 7.11 Å². The monoisotopic (exact) mass is 325 g/mol. The van der Waals surface area contributed by atoms with Gasteiger partial charge in [-0.3, -0.25) is 4.79 Å². The van der Waals surface area contributed by atoms with E-state index in [2.05, 4.69) is 4.74 Å². The minimum Gasteiger partial charge on any atom is -0.504 e. The predicted octanol–water partition coefficient (Wildman–Crippen LogP) is 0.999. The molecule has 0 aliphatic rings. The summed E-state index contributed by atoms with van der Waals surface area (Å²) in [5.74, 6) is -6.70. The first kappa shape index (κ1) is 17.5. The van der Waals surface area contributed by atoms with Gasteiger partial charge in [0, 0.05) is 6.42 Å². The van der Waals surface area contributed by atoms with E-state index in [-0.39, 0.29) is 5.56 Å². The Bertz CT molecular complexity index is 564. The van der Waals surface area contributed by atoms with Crippen molar-refractivity contribution in [1.82, 2.24) is 5.32 Å². The minimum atomic E-state index is -5.21. The van der Waals surface area contributed by atoms with Crippen LogP contribution in [0.3, 0.4) is 0 Å². The Morgan fingerprint density at radius 1 is 1.32 bits per heavy atom. The normalized spacial score (nSPS) is 12.6. The maximum atomic E-state index is 13.2. The lowest BCUT2D eigenvalue weighted by atomic mass is 10.0. The highest BCUT2D eigenvalue weighted by atomic mass is 19.4. The SMILES string of the molecule is COC(=O)[C@H](Cc1cc(O)c(O)c(F)c1)NC(=O)C(F)(F)F. The van der Waals surface area contributed by atoms with Crippen molar-refractivity contribution in [1.29, 1.82) is 0 Å². The highest BCUT2D eigenvalue weighted by molar-refractivity contribution is 5.87. The number of aromatic hydroxyl groups is 2. The molecule has 0 unspecified atom stereocenters. The Hall–Kier alpha value is -2.52. The molecule has 1 amide bonds. The Labute approximate surface area is 121 Å². The molecule has 122 valence electrons. The van der Waals surface area contributed by atoms with E-state index in [0.29, 0.717) is 6.07 Å². The lowest BCUT2D eigenvalue weighted by Crippen LogP contribution is -2.48. The fourth-order valence-corrected chi connectivity index (χ4v) is 1.57. The second-order valence-corrected chi connectivity index (χ2v) is 4.20. The number of rotatable bonds is 4. The molecule has 6 nitrogen and oxygen atoms in total. The van der Waals surface area contributed by atoms with Gasteiger partial charge in [-0.05, 0) is 17.7 Å². The third-order valence-electron chi connectivity index (χ3n) is 2.59. The second kappa shape index (κ2) is 6.50. The summed E-state index contributed by atoms with van der Waals surface area (Å²) in [7, 11) is 0.893. The number of nitrogens with one attached hydrogen (secondary N) is 1. The molecule has 22 heavy (non-hydrogen) atoms. The van der Waals surface area contributed by atoms with Crippen LogP contribution in [-0.2, 0) is 20.7 Å². The van der Waals surface area contributed by atoms with Gasteiger partial charge in [-0.25, -0.2) is 9.18 Å². The molecule has 3 N–H and O–H groups in total. The number of carbonyl (C=O) groups is 2. The van der Waals surface area contributed by atoms with E-state index in [1.807, 2.05) is 0 Å². The van der Waals surface area contributed by atoms with E-state index in [9.17, 15) is 32.3 Å². The summed E-state index contributed by atoms with van der Waals surface area (Å²) < 4.78 is 54.1. The number of halogens is 4. The van der Waals surface area contributed by atoms with Crippen molar-refractivity contribution < 1.29 is 42.1 Å². The molecule has 0 heterocycles. The van der Waals surface area contributed by atoms with Gasteiger partial charge in [-0.15, -0.1) is 0 Å². The van der Waals surface area contributed by atoms with Crippen LogP contribution in [0.4, 0.5) is 17.6 Å². The molecule has 1 atom stereocenters. The first-order valence-electron chi connectivity index (χ1n) is 5.72. The van der Waals surface area contributed by atoms with Gasteiger partial charge in [-0.2, -0.15) is 13.2 Å². The summed E-state index contributed by atoms with van der Waals surface area (Å²) in [4.78, 5) is 22.3. The molecule has 0 spiro atoms. The van der Waals surface area contributed by atoms with E-state index in [0.717, 1.165) is 13.2 Å². The number of phenolic OH excluding ortho intramolecular Hbond substituents is 2. The third kappa shape index (κ3) is 4.24. The van der Waals surface area contributed by atoms with Gasteiger partial charge in [-0.1, -0.05) is 0 Å². The molecule has 1 aromatic carbocycles. The van der Waals surface area contributed by atoms with E-state index in [4.69, 9.17) is 5.11 Å². The molecular formula is C12H11F4NO5. The van der Waals surface area contributed by atoms with Gasteiger partial charge in [0.05, 0.1) is 7.11 Å². The molecule has 0 radical (unpaired) electrons. The summed E-state index contributed by atoms with van der Waals surface area (Å²) in [5, 5.41) is 19.7. The topological polar surface area (TPSA) is 95.9 Å². The minimum absolute atomic E-state index is 0.134.